The quantitative estimate of drug-likeness (QED) is 0.808. The van der Waals surface area contributed by atoms with Crippen molar-refractivity contribution in [1.29, 1.82) is 0 Å². The monoisotopic (exact) mass is 355 g/mol. The molecule has 0 spiro atoms. The number of aryl methyl sites for hydroxylation is 1. The number of ketones is 1. The lowest BCUT2D eigenvalue weighted by atomic mass is 9.79. The fraction of sp³-hybridized carbons (Fsp3) is 0.650. The fourth-order valence-corrected chi connectivity index (χ4v) is 2.12. The number of hydrogen-bond donors (Lipinski definition) is 0. The van der Waals surface area contributed by atoms with Crippen LogP contribution in [0.4, 0.5) is 0 Å². The number of rotatable bonds is 5. The van der Waals surface area contributed by atoms with E-state index in [0.29, 0.717) is 13.0 Å². The van der Waals surface area contributed by atoms with Crippen molar-refractivity contribution < 1.29 is 47.2 Å². The van der Waals surface area contributed by atoms with Gasteiger partial charge in [0.15, 0.2) is 11.5 Å². The van der Waals surface area contributed by atoms with Gasteiger partial charge in [-0.25, -0.2) is 0 Å². The minimum Gasteiger partial charge on any atom is -0.493 e. The lowest BCUT2D eigenvalue weighted by Gasteiger charge is -2.43. The Kier molecular flexibility index (Phi) is 1.31. The number of piperidine rings is 1. The normalized spacial score (nSPS) is 58.3. The lowest BCUT2D eigenvalue weighted by molar-refractivity contribution is -0.129. The van der Waals surface area contributed by atoms with E-state index in [1.807, 2.05) is 0 Å². The molecule has 2 aliphatic heterocycles. The van der Waals surface area contributed by atoms with Crippen molar-refractivity contribution in [3.8, 4) is 11.5 Å². The number of carbonyl (C=O) groups is 1. The highest BCUT2D eigenvalue weighted by molar-refractivity contribution is 5.83. The average molecular weight is 356 g/mol. The van der Waals surface area contributed by atoms with E-state index in [-0.39, 0.29) is 6.07 Å². The topological polar surface area (TPSA) is 38.8 Å². The van der Waals surface area contributed by atoms with Crippen molar-refractivity contribution in [1.82, 2.24) is 4.90 Å². The van der Waals surface area contributed by atoms with Crippen molar-refractivity contribution in [3.63, 3.8) is 0 Å². The van der Waals surface area contributed by atoms with Gasteiger partial charge in [0.2, 0.25) is 0 Å². The van der Waals surface area contributed by atoms with Crippen LogP contribution in [0.25, 0.3) is 0 Å². The number of benzene rings is 1. The number of ether oxygens (including phenoxy) is 2. The molecule has 1 aromatic carbocycles. The summed E-state index contributed by atoms with van der Waals surface area (Å²) >= 11 is 0. The maximum Gasteiger partial charge on any atom is 0.161 e. The second-order valence-electron chi connectivity index (χ2n) is 4.66. The molecule has 2 heterocycles. The summed E-state index contributed by atoms with van der Waals surface area (Å²) in [6, 6.07) is -3.36. The first-order valence-electron chi connectivity index (χ1n) is 18.6. The van der Waals surface area contributed by atoms with E-state index in [1.54, 1.807) is 0 Å². The molecule has 0 saturated carbocycles. The standard InChI is InChI=1S/C20H29NO3/c1-5-13(2)8-15-12-21-7-6-14-9-19(23-3)20(24-4)10-16(14)17(21)11-18(15)22/h9-10,13,15,17H,5-8,11-12H2,1-4H3/i2D3,3D3,4D3,5D2,6D2,7D2,8D2,11D2,12D2,13D,15D,17D. The Morgan fingerprint density at radius 2 is 2.29 bits per heavy atom. The SMILES string of the molecule is [2H]C([2H])([2H])Oc1cc2c(cc1OC([2H])([2H])[2H])C1([2H])N(C([2H])([2H])C2([2H])[2H])C([2H])([2H])C([2H])(C([2H])([2H])C([2H])(C([2H])([2H])[2H])C([2H])([2H])C)C(=O)C1([2H])[2H]. The lowest BCUT2D eigenvalue weighted by Crippen LogP contribution is -2.46. The highest BCUT2D eigenvalue weighted by Gasteiger charge is 2.38. The predicted molar refractivity (Wildman–Crippen MR) is 94.8 cm³/mol. The minimum absolute atomic E-state index is 0.282. The van der Waals surface area contributed by atoms with Gasteiger partial charge in [-0.3, -0.25) is 9.69 Å². The van der Waals surface area contributed by atoms with Crippen LogP contribution in [0.15, 0.2) is 12.1 Å². The van der Waals surface area contributed by atoms with Crippen LogP contribution in [0.3, 0.4) is 0 Å². The Morgan fingerprint density at radius 1 is 1.50 bits per heavy atom. The van der Waals surface area contributed by atoms with Crippen LogP contribution in [0.2, 0.25) is 0 Å². The number of Topliss-reactive ketones (excluding diaryl/α,β-unsaturated/α-hetero) is 1. The van der Waals surface area contributed by atoms with Gasteiger partial charge in [0, 0.05) is 54.6 Å². The van der Waals surface area contributed by atoms with Crippen LogP contribution in [-0.2, 0) is 11.2 Å². The van der Waals surface area contributed by atoms with E-state index < -0.39 is 111 Å². The van der Waals surface area contributed by atoms with Crippen LogP contribution in [0, 0.1) is 11.8 Å². The molecule has 3 atom stereocenters. The molecule has 0 N–H and O–H groups in total. The first-order chi connectivity index (χ1) is 20.7. The summed E-state index contributed by atoms with van der Waals surface area (Å²) < 4.78 is 207. The van der Waals surface area contributed by atoms with Crippen LogP contribution in [0.1, 0.15) is 82.9 Å². The van der Waals surface area contributed by atoms with Crippen LogP contribution < -0.4 is 9.47 Å². The van der Waals surface area contributed by atoms with Gasteiger partial charge in [-0.1, -0.05) is 20.1 Å². The molecule has 1 fully saturated rings. The number of nitrogens with zero attached hydrogens (tertiary/aromatic N) is 1. The van der Waals surface area contributed by atoms with E-state index in [2.05, 4.69) is 0 Å². The molecule has 132 valence electrons. The van der Waals surface area contributed by atoms with E-state index in [9.17, 15) is 6.17 Å². The molecule has 0 amide bonds. The highest BCUT2D eigenvalue weighted by atomic mass is 16.5. The molecular formula is C20H29NO3. The number of hydrogen-bond acceptors (Lipinski definition) is 4. The van der Waals surface area contributed by atoms with Crippen molar-refractivity contribution in [3.05, 3.63) is 23.3 Å². The summed E-state index contributed by atoms with van der Waals surface area (Å²) in [5, 5.41) is 0. The predicted octanol–water partition coefficient (Wildman–Crippen LogP) is 3.63. The molecule has 4 nitrogen and oxygen atoms in total. The van der Waals surface area contributed by atoms with Crippen molar-refractivity contribution in [2.45, 2.75) is 45.3 Å². The molecule has 0 aliphatic carbocycles. The summed E-state index contributed by atoms with van der Waals surface area (Å²) in [6.07, 6.45) is -16.3. The summed E-state index contributed by atoms with van der Waals surface area (Å²) in [5.41, 5.74) is -2.46. The first-order valence-corrected chi connectivity index (χ1v) is 6.60. The average Bonchev–Trinajstić information content (AvgIpc) is 2.82. The third kappa shape index (κ3) is 3.16. The zero-order valence-corrected chi connectivity index (χ0v) is 12.3. The second kappa shape index (κ2) is 7.14. The van der Waals surface area contributed by atoms with Gasteiger partial charge in [0.1, 0.15) is 5.78 Å². The summed E-state index contributed by atoms with van der Waals surface area (Å²) in [7, 11) is -6.85. The third-order valence-electron chi connectivity index (χ3n) is 3.27. The molecule has 1 saturated heterocycles. The van der Waals surface area contributed by atoms with E-state index in [4.69, 9.17) is 41.0 Å². The van der Waals surface area contributed by atoms with Crippen LogP contribution >= 0.6 is 0 Å². The Hall–Kier alpha value is -1.55. The first kappa shape index (κ1) is 4.40. The summed E-state index contributed by atoms with van der Waals surface area (Å²) in [6.45, 7) is -12.5. The van der Waals surface area contributed by atoms with Crippen LogP contribution in [-0.4, -0.2) is 37.8 Å². The molecule has 4 heteroatoms. The van der Waals surface area contributed by atoms with Crippen molar-refractivity contribution >= 4 is 5.78 Å². The van der Waals surface area contributed by atoms with Gasteiger partial charge < -0.3 is 9.47 Å². The van der Waals surface area contributed by atoms with E-state index in [0.717, 1.165) is 0 Å². The Balaban J connectivity index is 2.61. The molecule has 1 aromatic rings. The molecule has 0 radical (unpaired) electrons. The van der Waals surface area contributed by atoms with Gasteiger partial charge >= 0.3 is 0 Å². The minimum atomic E-state index is -4.67. The largest absolute Gasteiger partial charge is 0.493 e. The molecule has 24 heavy (non-hydrogen) atoms. The maximum atomic E-state index is 14.1. The molecule has 0 aromatic heterocycles. The van der Waals surface area contributed by atoms with Gasteiger partial charge in [0.05, 0.1) is 23.7 Å². The van der Waals surface area contributed by atoms with Gasteiger partial charge in [0.25, 0.3) is 0 Å². The zero-order chi connectivity index (χ0) is 38.3. The van der Waals surface area contributed by atoms with Gasteiger partial charge in [-0.05, 0) is 41.9 Å². The molecule has 3 rings (SSSR count). The van der Waals surface area contributed by atoms with E-state index >= 15 is 0 Å². The Morgan fingerprint density at radius 3 is 3.00 bits per heavy atom. The van der Waals surface area contributed by atoms with Crippen molar-refractivity contribution in [2.24, 2.45) is 11.8 Å². The zero-order valence-electron chi connectivity index (χ0n) is 36.3. The maximum absolute atomic E-state index is 14.1. The van der Waals surface area contributed by atoms with Gasteiger partial charge in [-0.15, -0.1) is 0 Å². The summed E-state index contributed by atoms with van der Waals surface area (Å²) in [5.74, 6) is -13.9. The molecule has 2 aliphatic rings. The Labute approximate surface area is 178 Å². The van der Waals surface area contributed by atoms with Crippen molar-refractivity contribution in [2.75, 3.05) is 27.1 Å². The summed E-state index contributed by atoms with van der Waals surface area (Å²) in [4.78, 5) is 13.4. The number of methoxy groups -OCH3 is 2. The second-order valence-corrected chi connectivity index (χ2v) is 4.66. The smallest absolute Gasteiger partial charge is 0.161 e. The third-order valence-corrected chi connectivity index (χ3v) is 3.27. The number of carbonyl (C=O) groups excluding carboxylic acids is 1. The Bertz CT molecular complexity index is 1470. The molecule has 0 bridgehead atoms. The molecule has 3 unspecified atom stereocenters. The fourth-order valence-electron chi connectivity index (χ4n) is 2.12. The number of fused-ring (bicyclic) bond motifs is 3. The van der Waals surface area contributed by atoms with E-state index in [1.165, 1.54) is 0 Å². The van der Waals surface area contributed by atoms with Gasteiger partial charge in [-0.2, -0.15) is 0 Å². The highest BCUT2D eigenvalue weighted by Crippen LogP contribution is 2.42. The molecular weight excluding hydrogens is 302 g/mol. The van der Waals surface area contributed by atoms with Crippen LogP contribution in [0.5, 0.6) is 11.5 Å².